The molecule has 6 heteroatoms. The van der Waals surface area contributed by atoms with Gasteiger partial charge in [0.15, 0.2) is 0 Å². The lowest BCUT2D eigenvalue weighted by atomic mass is 9.88. The third-order valence-electron chi connectivity index (χ3n) is 5.65. The van der Waals surface area contributed by atoms with E-state index in [2.05, 4.69) is 9.97 Å². The molecule has 0 saturated heterocycles. The molecule has 1 amide bonds. The first-order valence-electron chi connectivity index (χ1n) is 10.1. The molecule has 1 saturated carbocycles. The molecule has 1 N–H and O–H groups in total. The highest BCUT2D eigenvalue weighted by atomic mass is 19.1. The lowest BCUT2D eigenvalue weighted by molar-refractivity contribution is -0.127. The van der Waals surface area contributed by atoms with Crippen LogP contribution in [0.1, 0.15) is 48.2 Å². The molecule has 5 nitrogen and oxygen atoms in total. The van der Waals surface area contributed by atoms with E-state index >= 15 is 0 Å². The Bertz CT molecular complexity index is 1010. The predicted molar refractivity (Wildman–Crippen MR) is 109 cm³/mol. The third-order valence-corrected chi connectivity index (χ3v) is 5.65. The van der Waals surface area contributed by atoms with E-state index in [0.717, 1.165) is 31.4 Å². The summed E-state index contributed by atoms with van der Waals surface area (Å²) in [5, 5.41) is 0.556. The van der Waals surface area contributed by atoms with Gasteiger partial charge in [-0.2, -0.15) is 0 Å². The van der Waals surface area contributed by atoms with Gasteiger partial charge in [-0.3, -0.25) is 14.6 Å². The maximum Gasteiger partial charge on any atom is 0.295 e. The van der Waals surface area contributed by atoms with Crippen LogP contribution in [0.3, 0.4) is 0 Å². The van der Waals surface area contributed by atoms with Crippen molar-refractivity contribution in [3.05, 3.63) is 65.9 Å². The van der Waals surface area contributed by atoms with Crippen molar-refractivity contribution in [1.82, 2.24) is 14.9 Å². The molecule has 1 aromatic carbocycles. The first-order valence-corrected chi connectivity index (χ1v) is 10.1. The van der Waals surface area contributed by atoms with E-state index in [-0.39, 0.29) is 5.56 Å². The fraction of sp³-hybridized carbons (Fsp3) is 0.348. The number of amides is 1. The molecule has 1 fully saturated rings. The second kappa shape index (κ2) is 8.55. The number of aromatic nitrogens is 2. The number of aromatic amines is 1. The van der Waals surface area contributed by atoms with Gasteiger partial charge in [0, 0.05) is 29.8 Å². The van der Waals surface area contributed by atoms with Crippen molar-refractivity contribution in [3.63, 3.8) is 0 Å². The molecule has 1 aliphatic carbocycles. The van der Waals surface area contributed by atoms with Gasteiger partial charge in [-0.25, -0.2) is 4.39 Å². The smallest absolute Gasteiger partial charge is 0.295 e. The van der Waals surface area contributed by atoms with E-state index < -0.39 is 17.5 Å². The highest BCUT2D eigenvalue weighted by Gasteiger charge is 2.28. The summed E-state index contributed by atoms with van der Waals surface area (Å²) < 4.78 is 13.4. The van der Waals surface area contributed by atoms with Gasteiger partial charge in [0.25, 0.3) is 11.7 Å². The fourth-order valence-electron chi connectivity index (χ4n) is 4.13. The van der Waals surface area contributed by atoms with Crippen LogP contribution in [0.4, 0.5) is 4.39 Å². The van der Waals surface area contributed by atoms with Crippen LogP contribution < -0.4 is 0 Å². The van der Waals surface area contributed by atoms with Gasteiger partial charge in [-0.05, 0) is 49.1 Å². The van der Waals surface area contributed by atoms with Gasteiger partial charge in [-0.15, -0.1) is 0 Å². The number of pyridine rings is 1. The minimum absolute atomic E-state index is 0.277. The quantitative estimate of drug-likeness (QED) is 0.496. The Labute approximate surface area is 168 Å². The van der Waals surface area contributed by atoms with Crippen LogP contribution in [0.2, 0.25) is 0 Å². The number of benzene rings is 1. The molecule has 29 heavy (non-hydrogen) atoms. The molecule has 0 spiro atoms. The van der Waals surface area contributed by atoms with Crippen molar-refractivity contribution in [1.29, 1.82) is 0 Å². The van der Waals surface area contributed by atoms with E-state index in [1.54, 1.807) is 11.1 Å². The molecule has 2 aromatic heterocycles. The lowest BCUT2D eigenvalue weighted by Crippen LogP contribution is -2.40. The normalized spacial score (nSPS) is 14.8. The van der Waals surface area contributed by atoms with Gasteiger partial charge in [0.05, 0.1) is 17.8 Å². The SMILES string of the molecule is O=C(C(=O)N(Cc1ccccn1)CC1CCCCC1)c1c[nH]c2cc(F)ccc12. The molecular formula is C23H24FN3O2. The molecule has 0 atom stereocenters. The summed E-state index contributed by atoms with van der Waals surface area (Å²) in [5.74, 6) is -1.10. The van der Waals surface area contributed by atoms with E-state index in [0.29, 0.717) is 29.9 Å². The number of Topliss-reactive ketones (excluding diaryl/α,β-unsaturated/α-hetero) is 1. The van der Waals surface area contributed by atoms with Crippen molar-refractivity contribution in [3.8, 4) is 0 Å². The van der Waals surface area contributed by atoms with E-state index in [1.165, 1.54) is 30.8 Å². The third kappa shape index (κ3) is 4.36. The zero-order chi connectivity index (χ0) is 20.2. The van der Waals surface area contributed by atoms with E-state index in [4.69, 9.17) is 0 Å². The van der Waals surface area contributed by atoms with Crippen LogP contribution in [0.5, 0.6) is 0 Å². The minimum atomic E-state index is -0.574. The number of H-pyrrole nitrogens is 1. The zero-order valence-electron chi connectivity index (χ0n) is 16.2. The Morgan fingerprint density at radius 3 is 2.72 bits per heavy atom. The Balaban J connectivity index is 1.59. The Kier molecular flexibility index (Phi) is 5.69. The Hall–Kier alpha value is -3.02. The minimum Gasteiger partial charge on any atom is -0.360 e. The summed E-state index contributed by atoms with van der Waals surface area (Å²) in [7, 11) is 0. The molecule has 0 unspecified atom stereocenters. The number of hydrogen-bond acceptors (Lipinski definition) is 3. The number of rotatable bonds is 6. The van der Waals surface area contributed by atoms with Crippen LogP contribution in [0, 0.1) is 11.7 Å². The van der Waals surface area contributed by atoms with Gasteiger partial charge in [0.2, 0.25) is 0 Å². The number of halogens is 1. The van der Waals surface area contributed by atoms with Crippen molar-refractivity contribution in [2.24, 2.45) is 5.92 Å². The number of carbonyl (C=O) groups excluding carboxylic acids is 2. The van der Waals surface area contributed by atoms with Crippen molar-refractivity contribution in [2.75, 3.05) is 6.54 Å². The topological polar surface area (TPSA) is 66.1 Å². The maximum absolute atomic E-state index is 13.4. The van der Waals surface area contributed by atoms with Gasteiger partial charge in [0.1, 0.15) is 5.82 Å². The molecule has 3 aromatic rings. The highest BCUT2D eigenvalue weighted by molar-refractivity contribution is 6.44. The molecule has 150 valence electrons. The molecular weight excluding hydrogens is 369 g/mol. The first kappa shape index (κ1) is 19.3. The van der Waals surface area contributed by atoms with Crippen LogP contribution in [0.25, 0.3) is 10.9 Å². The molecule has 0 aliphatic heterocycles. The molecule has 4 rings (SSSR count). The molecule has 2 heterocycles. The molecule has 1 aliphatic rings. The maximum atomic E-state index is 13.4. The van der Waals surface area contributed by atoms with Gasteiger partial charge < -0.3 is 9.88 Å². The Morgan fingerprint density at radius 2 is 1.97 bits per heavy atom. The number of ketones is 1. The number of nitrogens with one attached hydrogen (secondary N) is 1. The summed E-state index contributed by atoms with van der Waals surface area (Å²) in [5.41, 5.74) is 1.54. The van der Waals surface area contributed by atoms with Crippen molar-refractivity contribution in [2.45, 2.75) is 38.6 Å². The average Bonchev–Trinajstić information content (AvgIpc) is 3.16. The number of nitrogens with zero attached hydrogens (tertiary/aromatic N) is 2. The van der Waals surface area contributed by atoms with E-state index in [9.17, 15) is 14.0 Å². The van der Waals surface area contributed by atoms with Gasteiger partial charge in [-0.1, -0.05) is 25.3 Å². The predicted octanol–water partition coefficient (Wildman–Crippen LogP) is 4.49. The molecule has 0 bridgehead atoms. The van der Waals surface area contributed by atoms with Crippen molar-refractivity contribution < 1.29 is 14.0 Å². The Morgan fingerprint density at radius 1 is 1.14 bits per heavy atom. The second-order valence-corrected chi connectivity index (χ2v) is 7.73. The average molecular weight is 393 g/mol. The first-order chi connectivity index (χ1) is 14.1. The van der Waals surface area contributed by atoms with E-state index in [1.807, 2.05) is 18.2 Å². The summed E-state index contributed by atoms with van der Waals surface area (Å²) in [6, 6.07) is 9.72. The van der Waals surface area contributed by atoms with Gasteiger partial charge >= 0.3 is 0 Å². The standard InChI is InChI=1S/C23H24FN3O2/c24-17-9-10-19-20(13-26-21(19)12-17)22(28)23(29)27(14-16-6-2-1-3-7-16)15-18-8-4-5-11-25-18/h4-5,8-13,16,26H,1-3,6-7,14-15H2. The zero-order valence-corrected chi connectivity index (χ0v) is 16.2. The van der Waals surface area contributed by atoms with Crippen LogP contribution >= 0.6 is 0 Å². The fourth-order valence-corrected chi connectivity index (χ4v) is 4.13. The number of hydrogen-bond donors (Lipinski definition) is 1. The summed E-state index contributed by atoms with van der Waals surface area (Å²) in [6.07, 6.45) is 8.89. The number of carbonyl (C=O) groups is 2. The van der Waals surface area contributed by atoms with Crippen LogP contribution in [0.15, 0.2) is 48.8 Å². The second-order valence-electron chi connectivity index (χ2n) is 7.73. The molecule has 0 radical (unpaired) electrons. The summed E-state index contributed by atoms with van der Waals surface area (Å²) in [6.45, 7) is 0.858. The van der Waals surface area contributed by atoms with Crippen molar-refractivity contribution >= 4 is 22.6 Å². The van der Waals surface area contributed by atoms with Crippen LogP contribution in [-0.2, 0) is 11.3 Å². The lowest BCUT2D eigenvalue weighted by Gasteiger charge is -2.29. The highest BCUT2D eigenvalue weighted by Crippen LogP contribution is 2.26. The summed E-state index contributed by atoms with van der Waals surface area (Å²) >= 11 is 0. The summed E-state index contributed by atoms with van der Waals surface area (Å²) in [4.78, 5) is 35.1. The number of fused-ring (bicyclic) bond motifs is 1. The van der Waals surface area contributed by atoms with Crippen LogP contribution in [-0.4, -0.2) is 33.1 Å². The monoisotopic (exact) mass is 393 g/mol. The largest absolute Gasteiger partial charge is 0.360 e.